The van der Waals surface area contributed by atoms with Gasteiger partial charge >= 0.3 is 6.09 Å². The average molecular weight is 515 g/mol. The summed E-state index contributed by atoms with van der Waals surface area (Å²) in [6.45, 7) is 6.65. The van der Waals surface area contributed by atoms with Gasteiger partial charge in [0, 0.05) is 24.3 Å². The molecule has 190 valence electrons. The van der Waals surface area contributed by atoms with Crippen molar-refractivity contribution in [3.05, 3.63) is 53.1 Å². The Morgan fingerprint density at radius 1 is 1.25 bits per heavy atom. The van der Waals surface area contributed by atoms with E-state index in [9.17, 15) is 19.1 Å². The van der Waals surface area contributed by atoms with Crippen LogP contribution >= 0.6 is 11.6 Å². The van der Waals surface area contributed by atoms with Crippen LogP contribution in [0.4, 0.5) is 20.7 Å². The summed E-state index contributed by atoms with van der Waals surface area (Å²) >= 11 is 6.40. The summed E-state index contributed by atoms with van der Waals surface area (Å²) in [7, 11) is 0. The number of amides is 2. The molecule has 2 aromatic heterocycles. The van der Waals surface area contributed by atoms with E-state index in [0.29, 0.717) is 22.2 Å². The number of anilines is 2. The highest BCUT2D eigenvalue weighted by atomic mass is 35.5. The van der Waals surface area contributed by atoms with Crippen LogP contribution < -0.4 is 10.2 Å². The first-order chi connectivity index (χ1) is 17.0. The van der Waals surface area contributed by atoms with Crippen LogP contribution in [0.2, 0.25) is 5.02 Å². The number of nitrogens with one attached hydrogen (secondary N) is 1. The lowest BCUT2D eigenvalue weighted by Crippen LogP contribution is -2.66. The van der Waals surface area contributed by atoms with Crippen LogP contribution in [0.5, 0.6) is 0 Å². The molecule has 11 heteroatoms. The molecule has 1 aromatic carbocycles. The number of fused-ring (bicyclic) bond motifs is 1. The lowest BCUT2D eigenvalue weighted by molar-refractivity contribution is -0.132. The molecular formula is C25H28ClFN6O3. The second-order valence-electron chi connectivity index (χ2n) is 10.5. The third kappa shape index (κ3) is 4.23. The van der Waals surface area contributed by atoms with Gasteiger partial charge in [-0.2, -0.15) is 5.10 Å². The van der Waals surface area contributed by atoms with E-state index in [1.807, 2.05) is 26.8 Å². The van der Waals surface area contributed by atoms with Crippen molar-refractivity contribution in [2.75, 3.05) is 23.3 Å². The molecule has 0 saturated carbocycles. The zero-order valence-corrected chi connectivity index (χ0v) is 21.0. The van der Waals surface area contributed by atoms with E-state index < -0.39 is 23.5 Å². The van der Waals surface area contributed by atoms with Gasteiger partial charge in [-0.25, -0.2) is 18.7 Å². The van der Waals surface area contributed by atoms with Gasteiger partial charge in [0.1, 0.15) is 17.3 Å². The maximum atomic E-state index is 14.0. The summed E-state index contributed by atoms with van der Waals surface area (Å²) < 4.78 is 15.5. The normalized spacial score (nSPS) is 22.1. The van der Waals surface area contributed by atoms with Crippen LogP contribution in [-0.2, 0) is 4.79 Å². The predicted molar refractivity (Wildman–Crippen MR) is 134 cm³/mol. The first-order valence-electron chi connectivity index (χ1n) is 11.9. The largest absolute Gasteiger partial charge is 0.465 e. The number of hydrogen-bond donors (Lipinski definition) is 2. The Labute approximate surface area is 212 Å². The summed E-state index contributed by atoms with van der Waals surface area (Å²) in [4.78, 5) is 32.9. The predicted octanol–water partition coefficient (Wildman–Crippen LogP) is 4.83. The molecule has 0 radical (unpaired) electrons. The van der Waals surface area contributed by atoms with Gasteiger partial charge in [-0.3, -0.25) is 4.79 Å². The third-order valence-electron chi connectivity index (χ3n) is 7.06. The van der Waals surface area contributed by atoms with Crippen LogP contribution in [0, 0.1) is 17.2 Å². The molecule has 2 saturated heterocycles. The van der Waals surface area contributed by atoms with Crippen LogP contribution in [0.1, 0.15) is 45.2 Å². The van der Waals surface area contributed by atoms with Crippen LogP contribution in [0.3, 0.4) is 0 Å². The molecule has 36 heavy (non-hydrogen) atoms. The number of benzene rings is 1. The van der Waals surface area contributed by atoms with Crippen molar-refractivity contribution in [2.24, 2.45) is 11.3 Å². The molecule has 0 spiro atoms. The molecule has 2 N–H and O–H groups in total. The molecule has 2 aliphatic heterocycles. The van der Waals surface area contributed by atoms with E-state index in [1.165, 1.54) is 23.2 Å². The molecule has 0 aliphatic carbocycles. The first-order valence-corrected chi connectivity index (χ1v) is 12.3. The Morgan fingerprint density at radius 2 is 2.03 bits per heavy atom. The Kier molecular flexibility index (Phi) is 6.02. The van der Waals surface area contributed by atoms with E-state index in [1.54, 1.807) is 16.8 Å². The standard InChI is InChI=1S/C25H28ClFN6O3/c1-25(2,3)21-16(13-32(21)24(35)36)23(34)29-18-12-28-33-10-8-20(30-22(18)33)31-9-4-5-19(31)15-11-14(27)6-7-17(15)26/h6-8,10-12,16,19,21H,4-5,9,13H2,1-3H3,(H,29,34)(H,35,36). The fourth-order valence-electron chi connectivity index (χ4n) is 5.47. The van der Waals surface area contributed by atoms with Crippen molar-refractivity contribution in [3.8, 4) is 0 Å². The molecule has 3 unspecified atom stereocenters. The summed E-state index contributed by atoms with van der Waals surface area (Å²) in [5.74, 6) is -0.400. The van der Waals surface area contributed by atoms with Gasteiger partial charge in [-0.1, -0.05) is 32.4 Å². The van der Waals surface area contributed by atoms with Crippen molar-refractivity contribution < 1.29 is 19.1 Å². The highest BCUT2D eigenvalue weighted by Crippen LogP contribution is 2.40. The summed E-state index contributed by atoms with van der Waals surface area (Å²) in [6.07, 6.45) is 4.00. The number of likely N-dealkylation sites (tertiary alicyclic amines) is 1. The average Bonchev–Trinajstić information content (AvgIpc) is 3.40. The van der Waals surface area contributed by atoms with Gasteiger partial charge in [0.05, 0.1) is 24.2 Å². The second kappa shape index (κ2) is 8.92. The second-order valence-corrected chi connectivity index (χ2v) is 10.9. The molecule has 2 aliphatic rings. The topological polar surface area (TPSA) is 103 Å². The van der Waals surface area contributed by atoms with Gasteiger partial charge in [0.25, 0.3) is 0 Å². The number of rotatable bonds is 4. The zero-order chi connectivity index (χ0) is 25.8. The van der Waals surface area contributed by atoms with Crippen molar-refractivity contribution in [1.82, 2.24) is 19.5 Å². The molecule has 2 fully saturated rings. The number of carbonyl (C=O) groups excluding carboxylic acids is 1. The number of aromatic nitrogens is 3. The van der Waals surface area contributed by atoms with Gasteiger partial charge < -0.3 is 20.2 Å². The summed E-state index contributed by atoms with van der Waals surface area (Å²) in [5, 5.41) is 17.2. The Bertz CT molecular complexity index is 1340. The fourth-order valence-corrected chi connectivity index (χ4v) is 5.71. The van der Waals surface area contributed by atoms with Gasteiger partial charge in [-0.05, 0) is 48.1 Å². The molecule has 4 heterocycles. The maximum absolute atomic E-state index is 14.0. The lowest BCUT2D eigenvalue weighted by Gasteiger charge is -2.51. The van der Waals surface area contributed by atoms with Crippen molar-refractivity contribution in [2.45, 2.75) is 45.7 Å². The quantitative estimate of drug-likeness (QED) is 0.517. The molecule has 3 aromatic rings. The molecule has 0 bridgehead atoms. The Balaban J connectivity index is 1.40. The zero-order valence-electron chi connectivity index (χ0n) is 20.3. The van der Waals surface area contributed by atoms with Crippen molar-refractivity contribution in [1.29, 1.82) is 0 Å². The highest BCUT2D eigenvalue weighted by molar-refractivity contribution is 6.31. The molecule has 2 amide bonds. The number of halogens is 2. The molecular weight excluding hydrogens is 487 g/mol. The lowest BCUT2D eigenvalue weighted by atomic mass is 9.72. The van der Waals surface area contributed by atoms with E-state index in [-0.39, 0.29) is 24.3 Å². The Hall–Kier alpha value is -3.40. The highest BCUT2D eigenvalue weighted by Gasteiger charge is 2.51. The number of carboxylic acid groups (broad SMARTS) is 1. The Morgan fingerprint density at radius 3 is 2.75 bits per heavy atom. The van der Waals surface area contributed by atoms with Crippen LogP contribution in [0.25, 0.3) is 5.65 Å². The number of carbonyl (C=O) groups is 2. The first kappa shape index (κ1) is 24.3. The molecule has 5 rings (SSSR count). The van der Waals surface area contributed by atoms with Gasteiger partial charge in [0.2, 0.25) is 5.91 Å². The maximum Gasteiger partial charge on any atom is 0.407 e. The van der Waals surface area contributed by atoms with E-state index >= 15 is 0 Å². The molecule has 3 atom stereocenters. The SMILES string of the molecule is CC(C)(C)C1C(C(=O)Nc2cnn3ccc(N4CCCC4c4cc(F)ccc4Cl)nc23)CN1C(=O)O. The fraction of sp³-hybridized carbons (Fsp3) is 0.440. The van der Waals surface area contributed by atoms with Crippen LogP contribution in [0.15, 0.2) is 36.7 Å². The van der Waals surface area contributed by atoms with E-state index in [4.69, 9.17) is 16.6 Å². The van der Waals surface area contributed by atoms with Gasteiger partial charge in [0.15, 0.2) is 5.65 Å². The van der Waals surface area contributed by atoms with Gasteiger partial charge in [-0.15, -0.1) is 0 Å². The molecule has 9 nitrogen and oxygen atoms in total. The summed E-state index contributed by atoms with van der Waals surface area (Å²) in [6, 6.07) is 5.68. The van der Waals surface area contributed by atoms with Crippen LogP contribution in [-0.4, -0.2) is 55.7 Å². The monoisotopic (exact) mass is 514 g/mol. The minimum absolute atomic E-state index is 0.117. The minimum Gasteiger partial charge on any atom is -0.465 e. The van der Waals surface area contributed by atoms with Crippen molar-refractivity contribution >= 4 is 40.8 Å². The third-order valence-corrected chi connectivity index (χ3v) is 7.40. The number of nitrogens with zero attached hydrogens (tertiary/aromatic N) is 5. The minimum atomic E-state index is -1.03. The summed E-state index contributed by atoms with van der Waals surface area (Å²) in [5.41, 5.74) is 1.24. The van der Waals surface area contributed by atoms with E-state index in [0.717, 1.165) is 24.9 Å². The van der Waals surface area contributed by atoms with E-state index in [2.05, 4.69) is 15.3 Å². The smallest absolute Gasteiger partial charge is 0.407 e. The van der Waals surface area contributed by atoms with Crippen molar-refractivity contribution in [3.63, 3.8) is 0 Å². The number of hydrogen-bond acceptors (Lipinski definition) is 5.